The molecule has 0 N–H and O–H groups in total. The van der Waals surface area contributed by atoms with Crippen molar-refractivity contribution in [3.05, 3.63) is 54.1 Å². The van der Waals surface area contributed by atoms with Crippen LogP contribution in [0.3, 0.4) is 0 Å². The van der Waals surface area contributed by atoms with Crippen molar-refractivity contribution in [2.45, 2.75) is 42.5 Å². The maximum Gasteiger partial charge on any atom is 0.285 e. The molecule has 176 valence electrons. The first kappa shape index (κ1) is 23.4. The summed E-state index contributed by atoms with van der Waals surface area (Å²) in [7, 11) is -7.06. The van der Waals surface area contributed by atoms with Crippen molar-refractivity contribution in [2.75, 3.05) is 24.2 Å². The summed E-state index contributed by atoms with van der Waals surface area (Å²) in [5.41, 5.74) is 1.20. The molecule has 2 aromatic carbocycles. The van der Waals surface area contributed by atoms with Crippen molar-refractivity contribution in [3.8, 4) is 0 Å². The Morgan fingerprint density at radius 2 is 1.79 bits per heavy atom. The molecule has 2 aliphatic rings. The maximum atomic E-state index is 13.6. The fourth-order valence-corrected chi connectivity index (χ4v) is 6.28. The normalized spacial score (nSPS) is 19.8. The van der Waals surface area contributed by atoms with Crippen molar-refractivity contribution in [2.24, 2.45) is 10.3 Å². The van der Waals surface area contributed by atoms with Gasteiger partial charge >= 0.3 is 0 Å². The molecule has 1 atom stereocenters. The quantitative estimate of drug-likeness (QED) is 0.654. The van der Waals surface area contributed by atoms with Crippen LogP contribution < -0.4 is 4.90 Å². The molecule has 4 rings (SSSR count). The highest BCUT2D eigenvalue weighted by molar-refractivity contribution is 7.91. The summed E-state index contributed by atoms with van der Waals surface area (Å²) in [5, 5.41) is 0. The molecule has 0 radical (unpaired) electrons. The summed E-state index contributed by atoms with van der Waals surface area (Å²) in [5.74, 6) is -0.0119. The highest BCUT2D eigenvalue weighted by atomic mass is 32.2. The van der Waals surface area contributed by atoms with Crippen LogP contribution in [-0.2, 0) is 24.7 Å². The van der Waals surface area contributed by atoms with Gasteiger partial charge in [0.25, 0.3) is 10.0 Å². The molecule has 2 aromatic rings. The van der Waals surface area contributed by atoms with Crippen molar-refractivity contribution in [1.82, 2.24) is 4.90 Å². The minimum atomic E-state index is -3.73. The molecule has 1 fully saturated rings. The van der Waals surface area contributed by atoms with Crippen molar-refractivity contribution >= 4 is 37.3 Å². The van der Waals surface area contributed by atoms with Gasteiger partial charge in [0.1, 0.15) is 4.90 Å². The summed E-state index contributed by atoms with van der Waals surface area (Å²) in [6.07, 6.45) is 2.56. The number of benzene rings is 2. The Balaban J connectivity index is 1.59. The molecule has 0 spiro atoms. The molecule has 1 amide bonds. The third-order valence-corrected chi connectivity index (χ3v) is 8.43. The molecule has 10 heteroatoms. The molecule has 8 nitrogen and oxygen atoms in total. The van der Waals surface area contributed by atoms with Gasteiger partial charge in [-0.3, -0.25) is 4.79 Å². The van der Waals surface area contributed by atoms with Crippen LogP contribution in [0, 0.1) is 5.92 Å². The van der Waals surface area contributed by atoms with Gasteiger partial charge in [-0.1, -0.05) is 12.1 Å². The van der Waals surface area contributed by atoms with Gasteiger partial charge in [-0.2, -0.15) is 8.42 Å². The molecule has 2 heterocycles. The predicted molar refractivity (Wildman–Crippen MR) is 127 cm³/mol. The largest absolute Gasteiger partial charge is 0.355 e. The Morgan fingerprint density at radius 3 is 2.42 bits per heavy atom. The van der Waals surface area contributed by atoms with Crippen LogP contribution in [0.5, 0.6) is 0 Å². The Bertz CT molecular complexity index is 1320. The van der Waals surface area contributed by atoms with E-state index in [1.165, 1.54) is 12.1 Å². The molecule has 0 saturated carbocycles. The van der Waals surface area contributed by atoms with E-state index < -0.39 is 19.9 Å². The van der Waals surface area contributed by atoms with Crippen LogP contribution in [-0.4, -0.2) is 58.9 Å². The summed E-state index contributed by atoms with van der Waals surface area (Å²) >= 11 is 0. The summed E-state index contributed by atoms with van der Waals surface area (Å²) in [4.78, 5) is 17.5. The van der Waals surface area contributed by atoms with Gasteiger partial charge in [0.05, 0.1) is 10.8 Å². The van der Waals surface area contributed by atoms with E-state index in [4.69, 9.17) is 0 Å². The van der Waals surface area contributed by atoms with E-state index in [-0.39, 0.29) is 27.7 Å². The molecule has 0 aliphatic carbocycles. The lowest BCUT2D eigenvalue weighted by molar-refractivity contribution is -0.123. The van der Waals surface area contributed by atoms with E-state index in [1.807, 2.05) is 18.7 Å². The van der Waals surface area contributed by atoms with Crippen LogP contribution >= 0.6 is 0 Å². The maximum absolute atomic E-state index is 13.6. The number of fused-ring (bicyclic) bond motifs is 1. The SMILES string of the molecule is CC(C)N(C(=O)C1CCCN(C2=NS(=O)(=O)c3ccccc32)C1)c1ccc(S(C)(=O)=O)cc1. The molecule has 1 saturated heterocycles. The molecular weight excluding hydrogens is 462 g/mol. The molecular formula is C23H27N3O5S2. The van der Waals surface area contributed by atoms with E-state index >= 15 is 0 Å². The number of sulfonamides is 1. The zero-order valence-corrected chi connectivity index (χ0v) is 20.4. The smallest absolute Gasteiger partial charge is 0.285 e. The van der Waals surface area contributed by atoms with Crippen LogP contribution in [0.25, 0.3) is 0 Å². The fraction of sp³-hybridized carbons (Fsp3) is 0.391. The van der Waals surface area contributed by atoms with Gasteiger partial charge < -0.3 is 9.80 Å². The van der Waals surface area contributed by atoms with Gasteiger partial charge in [0.2, 0.25) is 5.91 Å². The first-order valence-electron chi connectivity index (χ1n) is 10.8. The van der Waals surface area contributed by atoms with Crippen LogP contribution in [0.1, 0.15) is 32.3 Å². The standard InChI is InChI=1S/C23H27N3O5S2/c1-16(2)26(18-10-12-19(13-11-18)32(3,28)29)23(27)17-7-6-14-25(15-17)22-20-8-4-5-9-21(20)33(30,31)24-22/h4-5,8-13,16-17H,6-7,14-15H2,1-3H3. The number of carbonyl (C=O) groups is 1. The molecule has 1 unspecified atom stereocenters. The molecule has 0 bridgehead atoms. The lowest BCUT2D eigenvalue weighted by Gasteiger charge is -2.37. The van der Waals surface area contributed by atoms with Crippen molar-refractivity contribution < 1.29 is 21.6 Å². The third kappa shape index (κ3) is 4.54. The average Bonchev–Trinajstić information content (AvgIpc) is 3.05. The molecule has 2 aliphatic heterocycles. The van der Waals surface area contributed by atoms with E-state index in [9.17, 15) is 21.6 Å². The number of nitrogens with zero attached hydrogens (tertiary/aromatic N) is 3. The number of hydrogen-bond donors (Lipinski definition) is 0. The van der Waals surface area contributed by atoms with E-state index in [0.29, 0.717) is 36.6 Å². The Kier molecular flexibility index (Phi) is 6.09. The van der Waals surface area contributed by atoms with Crippen LogP contribution in [0.15, 0.2) is 62.7 Å². The number of rotatable bonds is 4. The number of piperidine rings is 1. The Morgan fingerprint density at radius 1 is 1.12 bits per heavy atom. The van der Waals surface area contributed by atoms with Gasteiger partial charge in [0.15, 0.2) is 15.7 Å². The lowest BCUT2D eigenvalue weighted by Crippen LogP contribution is -2.48. The Labute approximate surface area is 194 Å². The van der Waals surface area contributed by atoms with Gasteiger partial charge in [0, 0.05) is 36.6 Å². The summed E-state index contributed by atoms with van der Waals surface area (Å²) in [6.45, 7) is 4.81. The minimum absolute atomic E-state index is 0.0726. The zero-order valence-electron chi connectivity index (χ0n) is 18.8. The lowest BCUT2D eigenvalue weighted by atomic mass is 9.95. The highest BCUT2D eigenvalue weighted by Crippen LogP contribution is 2.31. The number of anilines is 1. The molecule has 33 heavy (non-hydrogen) atoms. The van der Waals surface area contributed by atoms with E-state index in [1.54, 1.807) is 41.3 Å². The van der Waals surface area contributed by atoms with Crippen molar-refractivity contribution in [1.29, 1.82) is 0 Å². The number of carbonyl (C=O) groups excluding carboxylic acids is 1. The van der Waals surface area contributed by atoms with Crippen LogP contribution in [0.2, 0.25) is 0 Å². The highest BCUT2D eigenvalue weighted by Gasteiger charge is 2.37. The topological polar surface area (TPSA) is 104 Å². The number of hydrogen-bond acceptors (Lipinski definition) is 6. The summed E-state index contributed by atoms with van der Waals surface area (Å²) in [6, 6.07) is 12.9. The van der Waals surface area contributed by atoms with Gasteiger partial charge in [-0.15, -0.1) is 4.40 Å². The zero-order chi connectivity index (χ0) is 24.0. The third-order valence-electron chi connectivity index (χ3n) is 5.98. The summed E-state index contributed by atoms with van der Waals surface area (Å²) < 4.78 is 52.5. The molecule has 0 aromatic heterocycles. The first-order chi connectivity index (χ1) is 15.5. The van der Waals surface area contributed by atoms with Crippen molar-refractivity contribution in [3.63, 3.8) is 0 Å². The fourth-order valence-electron chi connectivity index (χ4n) is 4.42. The predicted octanol–water partition coefficient (Wildman–Crippen LogP) is 2.69. The monoisotopic (exact) mass is 489 g/mol. The minimum Gasteiger partial charge on any atom is -0.355 e. The van der Waals surface area contributed by atoms with E-state index in [0.717, 1.165) is 12.7 Å². The van der Waals surface area contributed by atoms with Gasteiger partial charge in [-0.25, -0.2) is 8.42 Å². The first-order valence-corrected chi connectivity index (χ1v) is 14.1. The second-order valence-electron chi connectivity index (χ2n) is 8.74. The average molecular weight is 490 g/mol. The van der Waals surface area contributed by atoms with Gasteiger partial charge in [-0.05, 0) is 63.1 Å². The Hall–Kier alpha value is -2.72. The number of amidine groups is 1. The number of sulfone groups is 1. The van der Waals surface area contributed by atoms with E-state index in [2.05, 4.69) is 4.40 Å². The van der Waals surface area contributed by atoms with Crippen LogP contribution in [0.4, 0.5) is 5.69 Å². The number of amides is 1. The second-order valence-corrected chi connectivity index (χ2v) is 12.3. The second kappa shape index (κ2) is 8.57. The number of likely N-dealkylation sites (tertiary alicyclic amines) is 1.